The summed E-state index contributed by atoms with van der Waals surface area (Å²) in [5, 5.41) is 6.23. The fraction of sp³-hybridized carbons (Fsp3) is 0.350. The van der Waals surface area contributed by atoms with Crippen molar-refractivity contribution in [2.45, 2.75) is 44.3 Å². The maximum absolute atomic E-state index is 13.1. The SMILES string of the molecule is Cc1ccccc1C1(NC(=S)Nc2ccc(Cl)c(C(F)(F)F)c2)CCCC1. The number of nitrogens with one attached hydrogen (secondary N) is 2. The van der Waals surface area contributed by atoms with E-state index in [0.717, 1.165) is 31.7 Å². The number of anilines is 1. The molecule has 1 fully saturated rings. The van der Waals surface area contributed by atoms with Crippen LogP contribution in [-0.2, 0) is 11.7 Å². The van der Waals surface area contributed by atoms with Gasteiger partial charge in [0.2, 0.25) is 0 Å². The molecular weight excluding hydrogens is 393 g/mol. The summed E-state index contributed by atoms with van der Waals surface area (Å²) in [7, 11) is 0. The van der Waals surface area contributed by atoms with Crippen LogP contribution in [0, 0.1) is 6.92 Å². The highest BCUT2D eigenvalue weighted by molar-refractivity contribution is 7.80. The van der Waals surface area contributed by atoms with E-state index in [0.29, 0.717) is 5.11 Å². The predicted molar refractivity (Wildman–Crippen MR) is 107 cm³/mol. The summed E-state index contributed by atoms with van der Waals surface area (Å²) in [5.74, 6) is 0. The molecule has 1 aliphatic carbocycles. The number of benzene rings is 2. The normalized spacial score (nSPS) is 16.2. The number of thiocarbonyl (C=S) groups is 1. The molecule has 0 atom stereocenters. The Morgan fingerprint density at radius 3 is 2.41 bits per heavy atom. The molecule has 0 bridgehead atoms. The Hall–Kier alpha value is -1.79. The molecule has 1 saturated carbocycles. The highest BCUT2D eigenvalue weighted by atomic mass is 35.5. The van der Waals surface area contributed by atoms with E-state index >= 15 is 0 Å². The predicted octanol–water partition coefficient (Wildman–Crippen LogP) is 6.42. The molecule has 7 heteroatoms. The van der Waals surface area contributed by atoms with Gasteiger partial charge in [-0.15, -0.1) is 0 Å². The van der Waals surface area contributed by atoms with Crippen molar-refractivity contribution in [2.24, 2.45) is 0 Å². The van der Waals surface area contributed by atoms with Gasteiger partial charge in [-0.2, -0.15) is 13.2 Å². The molecule has 0 heterocycles. The lowest BCUT2D eigenvalue weighted by atomic mass is 9.85. The largest absolute Gasteiger partial charge is 0.417 e. The third-order valence-corrected chi connectivity index (χ3v) is 5.53. The minimum atomic E-state index is -4.52. The topological polar surface area (TPSA) is 24.1 Å². The van der Waals surface area contributed by atoms with E-state index in [9.17, 15) is 13.2 Å². The van der Waals surface area contributed by atoms with Crippen LogP contribution in [0.25, 0.3) is 0 Å². The van der Waals surface area contributed by atoms with Gasteiger partial charge in [-0.3, -0.25) is 0 Å². The summed E-state index contributed by atoms with van der Waals surface area (Å²) >= 11 is 11.1. The van der Waals surface area contributed by atoms with Gasteiger partial charge >= 0.3 is 6.18 Å². The second kappa shape index (κ2) is 7.68. The Kier molecular flexibility index (Phi) is 5.68. The van der Waals surface area contributed by atoms with Gasteiger partial charge < -0.3 is 10.6 Å². The maximum atomic E-state index is 13.1. The number of alkyl halides is 3. The van der Waals surface area contributed by atoms with Gasteiger partial charge in [-0.25, -0.2) is 0 Å². The van der Waals surface area contributed by atoms with Crippen molar-refractivity contribution >= 4 is 34.6 Å². The molecule has 0 aromatic heterocycles. The zero-order valence-corrected chi connectivity index (χ0v) is 16.4. The lowest BCUT2D eigenvalue weighted by Crippen LogP contribution is -2.46. The first-order chi connectivity index (χ1) is 12.7. The molecule has 3 rings (SSSR count). The summed E-state index contributed by atoms with van der Waals surface area (Å²) in [6, 6.07) is 11.8. The smallest absolute Gasteiger partial charge is 0.353 e. The average Bonchev–Trinajstić information content (AvgIpc) is 3.05. The molecule has 0 aliphatic heterocycles. The second-order valence-corrected chi connectivity index (χ2v) is 7.69. The minimum absolute atomic E-state index is 0.252. The molecule has 27 heavy (non-hydrogen) atoms. The van der Waals surface area contributed by atoms with Crippen molar-refractivity contribution in [1.29, 1.82) is 0 Å². The van der Waals surface area contributed by atoms with Gasteiger partial charge in [0.05, 0.1) is 16.1 Å². The van der Waals surface area contributed by atoms with Crippen LogP contribution in [0.2, 0.25) is 5.02 Å². The van der Waals surface area contributed by atoms with Crippen LogP contribution in [0.1, 0.15) is 42.4 Å². The van der Waals surface area contributed by atoms with Gasteiger partial charge in [-0.05, 0) is 61.3 Å². The van der Waals surface area contributed by atoms with Crippen molar-refractivity contribution in [2.75, 3.05) is 5.32 Å². The van der Waals surface area contributed by atoms with Crippen molar-refractivity contribution in [3.8, 4) is 0 Å². The molecule has 2 N–H and O–H groups in total. The Morgan fingerprint density at radius 1 is 1.11 bits per heavy atom. The van der Waals surface area contributed by atoms with Crippen LogP contribution in [0.5, 0.6) is 0 Å². The maximum Gasteiger partial charge on any atom is 0.417 e. The summed E-state index contributed by atoms with van der Waals surface area (Å²) < 4.78 is 39.2. The summed E-state index contributed by atoms with van der Waals surface area (Å²) in [6.07, 6.45) is -0.522. The van der Waals surface area contributed by atoms with E-state index in [1.54, 1.807) is 0 Å². The van der Waals surface area contributed by atoms with E-state index in [2.05, 4.69) is 29.7 Å². The second-order valence-electron chi connectivity index (χ2n) is 6.88. The first-order valence-electron chi connectivity index (χ1n) is 8.73. The molecule has 144 valence electrons. The lowest BCUT2D eigenvalue weighted by molar-refractivity contribution is -0.137. The number of rotatable bonds is 3. The molecule has 0 saturated heterocycles. The molecule has 0 spiro atoms. The van der Waals surface area contributed by atoms with Crippen molar-refractivity contribution < 1.29 is 13.2 Å². The molecule has 0 amide bonds. The fourth-order valence-electron chi connectivity index (χ4n) is 3.75. The lowest BCUT2D eigenvalue weighted by Gasteiger charge is -2.34. The number of hydrogen-bond donors (Lipinski definition) is 2. The standard InChI is InChI=1S/C20H20ClF3N2S/c1-13-6-2-3-7-15(13)19(10-4-5-11-19)26-18(27)25-14-8-9-17(21)16(12-14)20(22,23)24/h2-3,6-9,12H,4-5,10-11H2,1H3,(H2,25,26,27). The van der Waals surface area contributed by atoms with E-state index < -0.39 is 11.7 Å². The zero-order chi connectivity index (χ0) is 19.7. The molecule has 0 radical (unpaired) electrons. The Morgan fingerprint density at radius 2 is 1.78 bits per heavy atom. The zero-order valence-electron chi connectivity index (χ0n) is 14.8. The summed E-state index contributed by atoms with van der Waals surface area (Å²) in [4.78, 5) is 0. The van der Waals surface area contributed by atoms with Gasteiger partial charge in [0.25, 0.3) is 0 Å². The highest BCUT2D eigenvalue weighted by Gasteiger charge is 2.37. The van der Waals surface area contributed by atoms with Gasteiger partial charge in [0, 0.05) is 5.69 Å². The molecule has 0 unspecified atom stereocenters. The van der Waals surface area contributed by atoms with E-state index in [-0.39, 0.29) is 16.2 Å². The van der Waals surface area contributed by atoms with Crippen LogP contribution in [-0.4, -0.2) is 5.11 Å². The van der Waals surface area contributed by atoms with Gasteiger partial charge in [0.15, 0.2) is 5.11 Å². The Balaban J connectivity index is 1.81. The Bertz CT molecular complexity index is 845. The van der Waals surface area contributed by atoms with Crippen molar-refractivity contribution in [3.05, 3.63) is 64.2 Å². The summed E-state index contributed by atoms with van der Waals surface area (Å²) in [5.41, 5.74) is 1.42. The Labute approximate surface area is 167 Å². The van der Waals surface area contributed by atoms with Crippen LogP contribution in [0.15, 0.2) is 42.5 Å². The van der Waals surface area contributed by atoms with Crippen LogP contribution < -0.4 is 10.6 Å². The molecule has 2 aromatic carbocycles. The molecule has 1 aliphatic rings. The monoisotopic (exact) mass is 412 g/mol. The van der Waals surface area contributed by atoms with Crippen molar-refractivity contribution in [1.82, 2.24) is 5.32 Å². The van der Waals surface area contributed by atoms with E-state index in [1.165, 1.54) is 23.3 Å². The highest BCUT2D eigenvalue weighted by Crippen LogP contribution is 2.40. The van der Waals surface area contributed by atoms with Crippen LogP contribution in [0.4, 0.5) is 18.9 Å². The van der Waals surface area contributed by atoms with Gasteiger partial charge in [0.1, 0.15) is 0 Å². The average molecular weight is 413 g/mol. The summed E-state index contributed by atoms with van der Waals surface area (Å²) in [6.45, 7) is 2.06. The third kappa shape index (κ3) is 4.38. The molecule has 2 aromatic rings. The quantitative estimate of drug-likeness (QED) is 0.568. The van der Waals surface area contributed by atoms with Crippen molar-refractivity contribution in [3.63, 3.8) is 0 Å². The minimum Gasteiger partial charge on any atom is -0.353 e. The van der Waals surface area contributed by atoms with Crippen LogP contribution >= 0.6 is 23.8 Å². The first-order valence-corrected chi connectivity index (χ1v) is 9.52. The number of hydrogen-bond acceptors (Lipinski definition) is 1. The third-order valence-electron chi connectivity index (χ3n) is 5.00. The fourth-order valence-corrected chi connectivity index (χ4v) is 4.29. The first kappa shape index (κ1) is 20.0. The number of halogens is 4. The number of aryl methyl sites for hydroxylation is 1. The van der Waals surface area contributed by atoms with E-state index in [1.807, 2.05) is 12.1 Å². The van der Waals surface area contributed by atoms with Crippen LogP contribution in [0.3, 0.4) is 0 Å². The molecule has 2 nitrogen and oxygen atoms in total. The molecular formula is C20H20ClF3N2S. The van der Waals surface area contributed by atoms with E-state index in [4.69, 9.17) is 23.8 Å². The van der Waals surface area contributed by atoms with Gasteiger partial charge in [-0.1, -0.05) is 48.7 Å².